The van der Waals surface area contributed by atoms with Gasteiger partial charge in [-0.15, -0.1) is 11.8 Å². The molecule has 6 nitrogen and oxygen atoms in total. The summed E-state index contributed by atoms with van der Waals surface area (Å²) in [4.78, 5) is 33.1. The van der Waals surface area contributed by atoms with Gasteiger partial charge in [0.25, 0.3) is 5.91 Å². The maximum atomic E-state index is 13.2. The normalized spacial score (nSPS) is 20.0. The van der Waals surface area contributed by atoms with Crippen molar-refractivity contribution < 1.29 is 14.0 Å². The molecule has 0 spiro atoms. The fraction of sp³-hybridized carbons (Fsp3) is 0.478. The van der Waals surface area contributed by atoms with Crippen LogP contribution in [0.2, 0.25) is 0 Å². The van der Waals surface area contributed by atoms with Crippen molar-refractivity contribution in [2.45, 2.75) is 37.3 Å². The third-order valence-corrected chi connectivity index (χ3v) is 7.07. The minimum atomic E-state index is 0.0165. The number of hydrogen-bond acceptors (Lipinski definition) is 5. The third-order valence-electron chi connectivity index (χ3n) is 5.83. The molecule has 0 saturated carbocycles. The minimum absolute atomic E-state index is 0.0165. The number of nitrogens with zero attached hydrogens (tertiary/aromatic N) is 3. The standard InChI is InChI=1S/C23H29N3O3S/c1-16-14-19(18(3)29-16)23(28)25-12-10-24(11-13-25)15-22(27)26-9-8-17(2)30-21-7-5-4-6-20(21)26/h4-7,14,17H,8-13,15H2,1-3H3. The van der Waals surface area contributed by atoms with Gasteiger partial charge in [0.2, 0.25) is 5.91 Å². The van der Waals surface area contributed by atoms with Gasteiger partial charge in [0, 0.05) is 42.9 Å². The van der Waals surface area contributed by atoms with Gasteiger partial charge in [-0.25, -0.2) is 0 Å². The molecule has 0 N–H and O–H groups in total. The highest BCUT2D eigenvalue weighted by Crippen LogP contribution is 2.37. The molecule has 2 aliphatic heterocycles. The SMILES string of the molecule is Cc1cc(C(=O)N2CCN(CC(=O)N3CCC(C)Sc4ccccc43)CC2)c(C)o1. The van der Waals surface area contributed by atoms with Gasteiger partial charge < -0.3 is 14.2 Å². The first kappa shape index (κ1) is 21.0. The molecule has 7 heteroatoms. The van der Waals surface area contributed by atoms with Crippen molar-refractivity contribution in [1.29, 1.82) is 0 Å². The van der Waals surface area contributed by atoms with Crippen LogP contribution in [0, 0.1) is 13.8 Å². The minimum Gasteiger partial charge on any atom is -0.466 e. The second-order valence-corrected chi connectivity index (χ2v) is 9.61. The molecule has 1 fully saturated rings. The van der Waals surface area contributed by atoms with Crippen LogP contribution in [-0.4, -0.2) is 66.1 Å². The number of fused-ring (bicyclic) bond motifs is 1. The molecule has 0 aliphatic carbocycles. The second-order valence-electron chi connectivity index (χ2n) is 8.13. The molecule has 1 aromatic carbocycles. The number of hydrogen-bond donors (Lipinski definition) is 0. The van der Waals surface area contributed by atoms with Gasteiger partial charge in [-0.3, -0.25) is 14.5 Å². The quantitative estimate of drug-likeness (QED) is 0.750. The Hall–Kier alpha value is -2.25. The number of carbonyl (C=O) groups is 2. The topological polar surface area (TPSA) is 57.0 Å². The first-order valence-electron chi connectivity index (χ1n) is 10.6. The van der Waals surface area contributed by atoms with Crippen molar-refractivity contribution in [3.05, 3.63) is 47.4 Å². The molecule has 2 amide bonds. The predicted molar refractivity (Wildman–Crippen MR) is 119 cm³/mol. The number of anilines is 1. The monoisotopic (exact) mass is 427 g/mol. The average molecular weight is 428 g/mol. The van der Waals surface area contributed by atoms with Crippen LogP contribution in [0.1, 0.15) is 35.2 Å². The lowest BCUT2D eigenvalue weighted by atomic mass is 10.2. The van der Waals surface area contributed by atoms with Crippen LogP contribution in [0.3, 0.4) is 0 Å². The van der Waals surface area contributed by atoms with Gasteiger partial charge in [-0.05, 0) is 38.5 Å². The lowest BCUT2D eigenvalue weighted by Gasteiger charge is -2.35. The number of carbonyl (C=O) groups excluding carboxylic acids is 2. The zero-order valence-corrected chi connectivity index (χ0v) is 18.7. The number of rotatable bonds is 3. The Labute approximate surface area is 182 Å². The molecule has 3 heterocycles. The van der Waals surface area contributed by atoms with Gasteiger partial charge in [0.1, 0.15) is 11.5 Å². The van der Waals surface area contributed by atoms with E-state index in [2.05, 4.69) is 17.9 Å². The highest BCUT2D eigenvalue weighted by molar-refractivity contribution is 8.00. The van der Waals surface area contributed by atoms with E-state index in [4.69, 9.17) is 4.42 Å². The van der Waals surface area contributed by atoms with E-state index in [1.807, 2.05) is 59.7 Å². The van der Waals surface area contributed by atoms with E-state index in [-0.39, 0.29) is 11.8 Å². The van der Waals surface area contributed by atoms with Crippen LogP contribution in [-0.2, 0) is 4.79 Å². The molecule has 1 aromatic heterocycles. The Balaban J connectivity index is 1.37. The summed E-state index contributed by atoms with van der Waals surface area (Å²) in [6.45, 7) is 9.69. The smallest absolute Gasteiger partial charge is 0.257 e. The fourth-order valence-corrected chi connectivity index (χ4v) is 5.26. The molecule has 0 radical (unpaired) electrons. The molecule has 2 aromatic rings. The van der Waals surface area contributed by atoms with Crippen molar-refractivity contribution in [2.24, 2.45) is 0 Å². The number of para-hydroxylation sites is 1. The summed E-state index contributed by atoms with van der Waals surface area (Å²) >= 11 is 1.84. The first-order chi connectivity index (χ1) is 14.4. The molecular weight excluding hydrogens is 398 g/mol. The maximum absolute atomic E-state index is 13.2. The highest BCUT2D eigenvalue weighted by atomic mass is 32.2. The van der Waals surface area contributed by atoms with Crippen LogP contribution < -0.4 is 4.90 Å². The fourth-order valence-electron chi connectivity index (χ4n) is 4.15. The summed E-state index contributed by atoms with van der Waals surface area (Å²) in [5.74, 6) is 1.58. The van der Waals surface area contributed by atoms with Gasteiger partial charge >= 0.3 is 0 Å². The largest absolute Gasteiger partial charge is 0.466 e. The lowest BCUT2D eigenvalue weighted by Crippen LogP contribution is -2.51. The molecular formula is C23H29N3O3S. The Morgan fingerprint density at radius 2 is 1.83 bits per heavy atom. The van der Waals surface area contributed by atoms with E-state index < -0.39 is 0 Å². The number of amides is 2. The number of furan rings is 1. The predicted octanol–water partition coefficient (Wildman–Crippen LogP) is 3.57. The number of aryl methyl sites for hydroxylation is 2. The number of thioether (sulfide) groups is 1. The summed E-state index contributed by atoms with van der Waals surface area (Å²) in [6.07, 6.45) is 0.983. The molecule has 30 heavy (non-hydrogen) atoms. The molecule has 1 atom stereocenters. The van der Waals surface area contributed by atoms with E-state index in [9.17, 15) is 9.59 Å². The Bertz CT molecular complexity index is 934. The Morgan fingerprint density at radius 1 is 1.10 bits per heavy atom. The average Bonchev–Trinajstić information content (AvgIpc) is 2.97. The van der Waals surface area contributed by atoms with Gasteiger partial charge in [0.15, 0.2) is 0 Å². The van der Waals surface area contributed by atoms with E-state index >= 15 is 0 Å². The van der Waals surface area contributed by atoms with Crippen LogP contribution in [0.25, 0.3) is 0 Å². The maximum Gasteiger partial charge on any atom is 0.257 e. The van der Waals surface area contributed by atoms with E-state index in [1.165, 1.54) is 4.90 Å². The molecule has 1 unspecified atom stereocenters. The summed E-state index contributed by atoms with van der Waals surface area (Å²) in [7, 11) is 0. The number of benzene rings is 1. The second kappa shape index (κ2) is 8.86. The first-order valence-corrected chi connectivity index (χ1v) is 11.4. The molecule has 2 aliphatic rings. The van der Waals surface area contributed by atoms with Gasteiger partial charge in [-0.1, -0.05) is 19.1 Å². The zero-order chi connectivity index (χ0) is 21.3. The molecule has 1 saturated heterocycles. The van der Waals surface area contributed by atoms with E-state index in [1.54, 1.807) is 0 Å². The molecule has 160 valence electrons. The van der Waals surface area contributed by atoms with Crippen molar-refractivity contribution in [3.8, 4) is 0 Å². The Kier molecular flexibility index (Phi) is 6.20. The van der Waals surface area contributed by atoms with Crippen molar-refractivity contribution >= 4 is 29.3 Å². The number of piperazine rings is 1. The van der Waals surface area contributed by atoms with Crippen molar-refractivity contribution in [3.63, 3.8) is 0 Å². The van der Waals surface area contributed by atoms with Crippen LogP contribution >= 0.6 is 11.8 Å². The summed E-state index contributed by atoms with van der Waals surface area (Å²) in [5.41, 5.74) is 1.67. The van der Waals surface area contributed by atoms with Crippen LogP contribution in [0.4, 0.5) is 5.69 Å². The third kappa shape index (κ3) is 4.42. The summed E-state index contributed by atoms with van der Waals surface area (Å²) in [5, 5.41) is 0.494. The van der Waals surface area contributed by atoms with Crippen LogP contribution in [0.5, 0.6) is 0 Å². The molecule has 0 bridgehead atoms. The summed E-state index contributed by atoms with van der Waals surface area (Å²) < 4.78 is 5.50. The van der Waals surface area contributed by atoms with E-state index in [0.717, 1.165) is 24.4 Å². The van der Waals surface area contributed by atoms with Crippen molar-refractivity contribution in [2.75, 3.05) is 44.2 Å². The van der Waals surface area contributed by atoms with E-state index in [0.29, 0.717) is 49.3 Å². The molecule has 4 rings (SSSR count). The highest BCUT2D eigenvalue weighted by Gasteiger charge is 2.28. The van der Waals surface area contributed by atoms with Gasteiger partial charge in [0.05, 0.1) is 17.8 Å². The lowest BCUT2D eigenvalue weighted by molar-refractivity contribution is -0.120. The van der Waals surface area contributed by atoms with Gasteiger partial charge in [-0.2, -0.15) is 0 Å². The van der Waals surface area contributed by atoms with Crippen molar-refractivity contribution in [1.82, 2.24) is 9.80 Å². The Morgan fingerprint density at radius 3 is 2.53 bits per heavy atom. The zero-order valence-electron chi connectivity index (χ0n) is 17.9. The summed E-state index contributed by atoms with van der Waals surface area (Å²) in [6, 6.07) is 9.99. The van der Waals surface area contributed by atoms with Crippen LogP contribution in [0.15, 0.2) is 39.6 Å².